The summed E-state index contributed by atoms with van der Waals surface area (Å²) in [6.07, 6.45) is 3.54. The predicted molar refractivity (Wildman–Crippen MR) is 120 cm³/mol. The quantitative estimate of drug-likeness (QED) is 0.667. The van der Waals surface area contributed by atoms with Crippen LogP contribution in [0, 0.1) is 0 Å². The van der Waals surface area contributed by atoms with Gasteiger partial charge in [-0.3, -0.25) is 4.90 Å². The highest BCUT2D eigenvalue weighted by Crippen LogP contribution is 2.45. The first-order chi connectivity index (χ1) is 16.1. The monoisotopic (exact) mass is 443 g/mol. The zero-order chi connectivity index (χ0) is 22.4. The summed E-state index contributed by atoms with van der Waals surface area (Å²) < 4.78 is 11.6. The zero-order valence-corrected chi connectivity index (χ0v) is 18.1. The molecule has 1 aliphatic carbocycles. The van der Waals surface area contributed by atoms with E-state index in [1.807, 2.05) is 24.3 Å². The lowest BCUT2D eigenvalue weighted by Gasteiger charge is -2.50. The van der Waals surface area contributed by atoms with E-state index < -0.39 is 5.60 Å². The minimum absolute atomic E-state index is 0.0110. The second kappa shape index (κ2) is 7.93. The molecule has 2 bridgehead atoms. The molecular formula is C26H25N3O4. The Morgan fingerprint density at radius 2 is 1.55 bits per heavy atom. The third kappa shape index (κ3) is 3.39. The van der Waals surface area contributed by atoms with Gasteiger partial charge in [-0.25, -0.2) is 14.8 Å². The first-order valence-electron chi connectivity index (χ1n) is 11.3. The molecule has 6 rings (SSSR count). The van der Waals surface area contributed by atoms with Crippen LogP contribution in [0.1, 0.15) is 35.7 Å². The van der Waals surface area contributed by atoms with Gasteiger partial charge in [-0.1, -0.05) is 48.5 Å². The van der Waals surface area contributed by atoms with Crippen LogP contribution in [0.2, 0.25) is 0 Å². The lowest BCUT2D eigenvalue weighted by Crippen LogP contribution is -2.63. The molecule has 3 aromatic rings. The fourth-order valence-corrected chi connectivity index (χ4v) is 5.67. The number of benzene rings is 2. The summed E-state index contributed by atoms with van der Waals surface area (Å²) in [5.41, 5.74) is 3.59. The average Bonchev–Trinajstić information content (AvgIpc) is 3.16. The first-order valence-corrected chi connectivity index (χ1v) is 11.3. The number of aliphatic hydroxyl groups is 1. The van der Waals surface area contributed by atoms with Crippen LogP contribution in [-0.2, 0) is 15.1 Å². The third-order valence-corrected chi connectivity index (χ3v) is 7.08. The Morgan fingerprint density at radius 3 is 2.15 bits per heavy atom. The van der Waals surface area contributed by atoms with Gasteiger partial charge in [0.2, 0.25) is 0 Å². The summed E-state index contributed by atoms with van der Waals surface area (Å²) >= 11 is 0. The fraction of sp³-hybridized carbons (Fsp3) is 0.346. The molecule has 2 aromatic carbocycles. The van der Waals surface area contributed by atoms with Gasteiger partial charge in [0.05, 0.1) is 25.3 Å². The van der Waals surface area contributed by atoms with Crippen molar-refractivity contribution in [1.82, 2.24) is 14.9 Å². The van der Waals surface area contributed by atoms with Crippen LogP contribution in [0.25, 0.3) is 11.1 Å². The SMILES string of the molecule is O=C(OCC1c2ccccc2-c2ccccc21)N1C2COCC1CC(O)(c1ncccn1)C2. The molecule has 1 amide bonds. The van der Waals surface area contributed by atoms with Crippen LogP contribution < -0.4 is 0 Å². The standard InChI is InChI=1S/C26H25N3O4/c30-25(33-16-23-21-8-3-1-6-19(21)20-7-2-4-9-22(20)23)29-17-12-26(31,13-18(29)15-32-14-17)24-27-10-5-11-28-24/h1-11,17-18,23,31H,12-16H2. The number of rotatable bonds is 3. The zero-order valence-electron chi connectivity index (χ0n) is 18.1. The molecule has 2 saturated heterocycles. The minimum atomic E-state index is -1.18. The van der Waals surface area contributed by atoms with Crippen molar-refractivity contribution >= 4 is 6.09 Å². The summed E-state index contributed by atoms with van der Waals surface area (Å²) in [7, 11) is 0. The largest absolute Gasteiger partial charge is 0.448 e. The summed E-state index contributed by atoms with van der Waals surface area (Å²) in [6, 6.07) is 17.7. The van der Waals surface area contributed by atoms with Gasteiger partial charge in [0.25, 0.3) is 0 Å². The third-order valence-electron chi connectivity index (χ3n) is 7.08. The molecule has 7 heteroatoms. The number of aromatic nitrogens is 2. The number of morpholine rings is 1. The van der Waals surface area contributed by atoms with Crippen molar-refractivity contribution in [3.05, 3.63) is 83.9 Å². The van der Waals surface area contributed by atoms with E-state index in [0.29, 0.717) is 31.9 Å². The summed E-state index contributed by atoms with van der Waals surface area (Å²) in [4.78, 5) is 23.6. The van der Waals surface area contributed by atoms with E-state index in [-0.39, 0.29) is 30.7 Å². The van der Waals surface area contributed by atoms with E-state index in [1.54, 1.807) is 23.4 Å². The number of piperidine rings is 1. The Bertz CT molecular complexity index is 1130. The van der Waals surface area contributed by atoms with E-state index in [4.69, 9.17) is 9.47 Å². The van der Waals surface area contributed by atoms with E-state index >= 15 is 0 Å². The lowest BCUT2D eigenvalue weighted by molar-refractivity contribution is -0.139. The molecular weight excluding hydrogens is 418 g/mol. The Labute approximate surface area is 192 Å². The molecule has 7 nitrogen and oxygen atoms in total. The van der Waals surface area contributed by atoms with Crippen LogP contribution in [0.3, 0.4) is 0 Å². The van der Waals surface area contributed by atoms with E-state index in [9.17, 15) is 9.90 Å². The van der Waals surface area contributed by atoms with Crippen molar-refractivity contribution in [1.29, 1.82) is 0 Å². The predicted octanol–water partition coefficient (Wildman–Crippen LogP) is 3.48. The van der Waals surface area contributed by atoms with E-state index in [1.165, 1.54) is 22.3 Å². The molecule has 1 N–H and O–H groups in total. The Balaban J connectivity index is 1.21. The molecule has 1 aromatic heterocycles. The maximum Gasteiger partial charge on any atom is 0.410 e. The number of hydrogen-bond acceptors (Lipinski definition) is 6. The van der Waals surface area contributed by atoms with Gasteiger partial charge in [0.1, 0.15) is 12.2 Å². The van der Waals surface area contributed by atoms with Gasteiger partial charge >= 0.3 is 6.09 Å². The number of ether oxygens (including phenoxy) is 2. The average molecular weight is 444 g/mol. The molecule has 0 saturated carbocycles. The highest BCUT2D eigenvalue weighted by atomic mass is 16.6. The van der Waals surface area contributed by atoms with Gasteiger partial charge < -0.3 is 14.6 Å². The molecule has 0 radical (unpaired) electrons. The highest BCUT2D eigenvalue weighted by molar-refractivity contribution is 5.79. The van der Waals surface area contributed by atoms with Crippen LogP contribution in [-0.4, -0.2) is 58.0 Å². The van der Waals surface area contributed by atoms with E-state index in [0.717, 1.165) is 0 Å². The summed E-state index contributed by atoms with van der Waals surface area (Å²) in [5, 5.41) is 11.3. The number of carbonyl (C=O) groups is 1. The second-order valence-corrected chi connectivity index (χ2v) is 9.07. The van der Waals surface area contributed by atoms with Gasteiger partial charge in [-0.05, 0) is 28.3 Å². The molecule has 33 heavy (non-hydrogen) atoms. The highest BCUT2D eigenvalue weighted by Gasteiger charge is 2.50. The van der Waals surface area contributed by atoms with Crippen molar-refractivity contribution in [3.8, 4) is 11.1 Å². The van der Waals surface area contributed by atoms with Crippen molar-refractivity contribution in [2.75, 3.05) is 19.8 Å². The Hall–Kier alpha value is -3.29. The molecule has 2 atom stereocenters. The lowest BCUT2D eigenvalue weighted by atomic mass is 9.80. The van der Waals surface area contributed by atoms with Crippen LogP contribution in [0.4, 0.5) is 4.79 Å². The molecule has 3 heterocycles. The molecule has 3 aliphatic rings. The smallest absolute Gasteiger partial charge is 0.410 e. The first kappa shape index (κ1) is 20.3. The maximum absolute atomic E-state index is 13.3. The van der Waals surface area contributed by atoms with Crippen LogP contribution in [0.5, 0.6) is 0 Å². The van der Waals surface area contributed by atoms with Gasteiger partial charge in [0, 0.05) is 31.2 Å². The normalized spacial score (nSPS) is 25.9. The minimum Gasteiger partial charge on any atom is -0.448 e. The van der Waals surface area contributed by atoms with Crippen molar-refractivity contribution in [3.63, 3.8) is 0 Å². The molecule has 2 aliphatic heterocycles. The molecule has 168 valence electrons. The Kier molecular flexibility index (Phi) is 4.89. The van der Waals surface area contributed by atoms with Crippen molar-refractivity contribution < 1.29 is 19.4 Å². The van der Waals surface area contributed by atoms with Crippen molar-refractivity contribution in [2.45, 2.75) is 36.4 Å². The molecule has 2 fully saturated rings. The topological polar surface area (TPSA) is 84.8 Å². The summed E-state index contributed by atoms with van der Waals surface area (Å²) in [6.45, 7) is 0.987. The van der Waals surface area contributed by atoms with Crippen LogP contribution >= 0.6 is 0 Å². The van der Waals surface area contributed by atoms with E-state index in [2.05, 4.69) is 34.2 Å². The Morgan fingerprint density at radius 1 is 0.970 bits per heavy atom. The number of nitrogens with zero attached hydrogens (tertiary/aromatic N) is 3. The molecule has 0 spiro atoms. The molecule has 2 unspecified atom stereocenters. The number of amides is 1. The number of carbonyl (C=O) groups excluding carboxylic acids is 1. The van der Waals surface area contributed by atoms with Crippen molar-refractivity contribution in [2.24, 2.45) is 0 Å². The number of fused-ring (bicyclic) bond motifs is 5. The number of hydrogen-bond donors (Lipinski definition) is 1. The van der Waals surface area contributed by atoms with Gasteiger partial charge in [-0.15, -0.1) is 0 Å². The fourth-order valence-electron chi connectivity index (χ4n) is 5.67. The summed E-state index contributed by atoms with van der Waals surface area (Å²) in [5.74, 6) is 0.408. The maximum atomic E-state index is 13.3. The van der Waals surface area contributed by atoms with Crippen LogP contribution in [0.15, 0.2) is 67.0 Å². The second-order valence-electron chi connectivity index (χ2n) is 9.07. The van der Waals surface area contributed by atoms with Gasteiger partial charge in [0.15, 0.2) is 5.82 Å². The van der Waals surface area contributed by atoms with Gasteiger partial charge in [-0.2, -0.15) is 0 Å².